The Kier molecular flexibility index (Phi) is 5.32. The van der Waals surface area contributed by atoms with Gasteiger partial charge in [-0.25, -0.2) is 4.98 Å². The first-order chi connectivity index (χ1) is 12.5. The largest absolute Gasteiger partial charge is 0.504 e. The van der Waals surface area contributed by atoms with Crippen LogP contribution in [0, 0.1) is 6.92 Å². The van der Waals surface area contributed by atoms with E-state index in [1.54, 1.807) is 19.2 Å². The van der Waals surface area contributed by atoms with Gasteiger partial charge in [-0.15, -0.1) is 0 Å². The van der Waals surface area contributed by atoms with Gasteiger partial charge in [0.1, 0.15) is 11.6 Å². The molecule has 3 N–H and O–H groups in total. The average molecular weight is 360 g/mol. The van der Waals surface area contributed by atoms with Gasteiger partial charge in [0.15, 0.2) is 11.5 Å². The molecular formula is C18H24N4O4. The summed E-state index contributed by atoms with van der Waals surface area (Å²) >= 11 is 0. The van der Waals surface area contributed by atoms with Gasteiger partial charge < -0.3 is 30.0 Å². The number of aryl methyl sites for hydroxylation is 1. The van der Waals surface area contributed by atoms with Crippen molar-refractivity contribution in [2.45, 2.75) is 19.4 Å². The number of hydrogen-bond donors (Lipinski definition) is 2. The number of nitrogens with zero attached hydrogens (tertiary/aromatic N) is 3. The van der Waals surface area contributed by atoms with Crippen LogP contribution in [0.3, 0.4) is 0 Å². The van der Waals surface area contributed by atoms with Crippen molar-refractivity contribution in [1.82, 2.24) is 9.97 Å². The van der Waals surface area contributed by atoms with Gasteiger partial charge in [-0.05, 0) is 19.4 Å². The summed E-state index contributed by atoms with van der Waals surface area (Å²) in [5.74, 6) is 1.97. The predicted molar refractivity (Wildman–Crippen MR) is 97.9 cm³/mol. The molecule has 0 saturated carbocycles. The first-order valence-corrected chi connectivity index (χ1v) is 8.44. The Balaban J connectivity index is 2.08. The quantitative estimate of drug-likeness (QED) is 0.854. The first kappa shape index (κ1) is 18.1. The highest BCUT2D eigenvalue weighted by molar-refractivity contribution is 5.55. The Bertz CT molecular complexity index is 764. The number of aromatic hydroxyl groups is 1. The van der Waals surface area contributed by atoms with E-state index in [9.17, 15) is 5.11 Å². The summed E-state index contributed by atoms with van der Waals surface area (Å²) in [7, 11) is 3.09. The molecule has 1 fully saturated rings. The number of anilines is 2. The summed E-state index contributed by atoms with van der Waals surface area (Å²) in [6.45, 7) is 3.70. The van der Waals surface area contributed by atoms with E-state index < -0.39 is 0 Å². The molecule has 1 atom stereocenters. The minimum absolute atomic E-state index is 0.0471. The summed E-state index contributed by atoms with van der Waals surface area (Å²) < 4.78 is 16.5. The van der Waals surface area contributed by atoms with E-state index in [4.69, 9.17) is 19.9 Å². The molecule has 2 heterocycles. The van der Waals surface area contributed by atoms with Crippen LogP contribution < -0.4 is 20.1 Å². The van der Waals surface area contributed by atoms with Crippen molar-refractivity contribution in [3.8, 4) is 17.2 Å². The molecule has 1 aliphatic heterocycles. The molecule has 0 radical (unpaired) electrons. The summed E-state index contributed by atoms with van der Waals surface area (Å²) in [5, 5.41) is 10.3. The number of nitrogens with two attached hydrogens (primary N) is 1. The van der Waals surface area contributed by atoms with Gasteiger partial charge in [0, 0.05) is 36.5 Å². The Morgan fingerprint density at radius 1 is 1.19 bits per heavy atom. The zero-order valence-electron chi connectivity index (χ0n) is 15.2. The van der Waals surface area contributed by atoms with Crippen LogP contribution in [0.4, 0.5) is 11.8 Å². The maximum atomic E-state index is 10.3. The van der Waals surface area contributed by atoms with Crippen LogP contribution in [-0.4, -0.2) is 49.1 Å². The minimum atomic E-state index is -0.196. The zero-order chi connectivity index (χ0) is 18.7. The van der Waals surface area contributed by atoms with E-state index in [0.717, 1.165) is 30.0 Å². The van der Waals surface area contributed by atoms with Gasteiger partial charge in [-0.2, -0.15) is 4.98 Å². The monoisotopic (exact) mass is 360 g/mol. The molecule has 3 rings (SSSR count). The van der Waals surface area contributed by atoms with E-state index in [2.05, 4.69) is 14.9 Å². The van der Waals surface area contributed by atoms with Crippen molar-refractivity contribution >= 4 is 11.8 Å². The number of benzene rings is 1. The van der Waals surface area contributed by atoms with Crippen LogP contribution in [-0.2, 0) is 4.74 Å². The number of rotatable bonds is 4. The lowest BCUT2D eigenvalue weighted by atomic mass is 10.0. The highest BCUT2D eigenvalue weighted by atomic mass is 16.5. The van der Waals surface area contributed by atoms with Gasteiger partial charge in [0.2, 0.25) is 5.95 Å². The van der Waals surface area contributed by atoms with Gasteiger partial charge in [0.05, 0.1) is 26.9 Å². The van der Waals surface area contributed by atoms with Crippen molar-refractivity contribution in [2.75, 3.05) is 44.6 Å². The molecule has 2 aromatic rings. The maximum Gasteiger partial charge on any atom is 0.222 e. The number of aromatic nitrogens is 2. The van der Waals surface area contributed by atoms with Crippen molar-refractivity contribution in [3.05, 3.63) is 29.5 Å². The van der Waals surface area contributed by atoms with Crippen LogP contribution in [0.1, 0.15) is 23.7 Å². The van der Waals surface area contributed by atoms with Crippen LogP contribution >= 0.6 is 0 Å². The maximum absolute atomic E-state index is 10.3. The molecule has 140 valence electrons. The Hall–Kier alpha value is -2.74. The van der Waals surface area contributed by atoms with Crippen LogP contribution in [0.2, 0.25) is 0 Å². The topological polar surface area (TPSA) is 103 Å². The SMILES string of the molecule is COc1cc(OC)c(C2COCCCN2c2cc(C)nc(N)n2)cc1O. The number of hydrogen-bond acceptors (Lipinski definition) is 8. The third-order valence-corrected chi connectivity index (χ3v) is 4.38. The Labute approximate surface area is 152 Å². The van der Waals surface area contributed by atoms with Crippen LogP contribution in [0.15, 0.2) is 18.2 Å². The van der Waals surface area contributed by atoms with Gasteiger partial charge in [-0.3, -0.25) is 0 Å². The normalized spacial score (nSPS) is 17.7. The first-order valence-electron chi connectivity index (χ1n) is 8.44. The van der Waals surface area contributed by atoms with E-state index >= 15 is 0 Å². The number of nitrogen functional groups attached to an aromatic ring is 1. The molecule has 1 aromatic heterocycles. The molecule has 26 heavy (non-hydrogen) atoms. The zero-order valence-corrected chi connectivity index (χ0v) is 15.2. The highest BCUT2D eigenvalue weighted by Crippen LogP contribution is 2.40. The second-order valence-corrected chi connectivity index (χ2v) is 6.13. The molecule has 8 heteroatoms. The number of ether oxygens (including phenoxy) is 3. The van der Waals surface area contributed by atoms with E-state index in [-0.39, 0.29) is 17.7 Å². The lowest BCUT2D eigenvalue weighted by Gasteiger charge is -2.32. The van der Waals surface area contributed by atoms with Crippen molar-refractivity contribution in [3.63, 3.8) is 0 Å². The molecule has 8 nitrogen and oxygen atoms in total. The standard InChI is InChI=1S/C18H24N4O4/c1-11-7-17(21-18(19)20-11)22-5-4-6-26-10-13(22)12-8-14(23)16(25-3)9-15(12)24-2/h7-9,13,23H,4-6,10H2,1-3H3,(H2,19,20,21). The van der Waals surface area contributed by atoms with E-state index in [1.165, 1.54) is 7.11 Å². The summed E-state index contributed by atoms with van der Waals surface area (Å²) in [6.07, 6.45) is 0.851. The fourth-order valence-corrected chi connectivity index (χ4v) is 3.20. The van der Waals surface area contributed by atoms with E-state index in [0.29, 0.717) is 24.7 Å². The lowest BCUT2D eigenvalue weighted by molar-refractivity contribution is 0.133. The fraction of sp³-hybridized carbons (Fsp3) is 0.444. The molecule has 0 amide bonds. The molecule has 1 unspecified atom stereocenters. The molecular weight excluding hydrogens is 336 g/mol. The van der Waals surface area contributed by atoms with Crippen molar-refractivity contribution in [2.24, 2.45) is 0 Å². The third-order valence-electron chi connectivity index (χ3n) is 4.38. The van der Waals surface area contributed by atoms with Crippen molar-refractivity contribution < 1.29 is 19.3 Å². The summed E-state index contributed by atoms with van der Waals surface area (Å²) in [6, 6.07) is 5.03. The molecule has 1 aliphatic rings. The molecule has 0 bridgehead atoms. The second kappa shape index (κ2) is 7.65. The lowest BCUT2D eigenvalue weighted by Crippen LogP contribution is -2.32. The Morgan fingerprint density at radius 2 is 1.96 bits per heavy atom. The number of phenols is 1. The molecule has 1 aromatic carbocycles. The second-order valence-electron chi connectivity index (χ2n) is 6.13. The van der Waals surface area contributed by atoms with Gasteiger partial charge in [0.25, 0.3) is 0 Å². The highest BCUT2D eigenvalue weighted by Gasteiger charge is 2.29. The van der Waals surface area contributed by atoms with Crippen LogP contribution in [0.25, 0.3) is 0 Å². The fourth-order valence-electron chi connectivity index (χ4n) is 3.20. The number of methoxy groups -OCH3 is 2. The molecule has 1 saturated heterocycles. The molecule has 0 aliphatic carbocycles. The number of phenolic OH excluding ortho intramolecular Hbond substituents is 1. The van der Waals surface area contributed by atoms with Crippen molar-refractivity contribution in [1.29, 1.82) is 0 Å². The smallest absolute Gasteiger partial charge is 0.222 e. The minimum Gasteiger partial charge on any atom is -0.504 e. The summed E-state index contributed by atoms with van der Waals surface area (Å²) in [5.41, 5.74) is 7.43. The summed E-state index contributed by atoms with van der Waals surface area (Å²) in [4.78, 5) is 10.7. The third kappa shape index (κ3) is 3.60. The molecule has 0 spiro atoms. The van der Waals surface area contributed by atoms with Gasteiger partial charge in [-0.1, -0.05) is 0 Å². The van der Waals surface area contributed by atoms with Gasteiger partial charge >= 0.3 is 0 Å². The average Bonchev–Trinajstić information content (AvgIpc) is 2.86. The van der Waals surface area contributed by atoms with Crippen LogP contribution in [0.5, 0.6) is 17.2 Å². The predicted octanol–water partition coefficient (Wildman–Crippen LogP) is 2.06. The van der Waals surface area contributed by atoms with E-state index in [1.807, 2.05) is 13.0 Å². The Morgan fingerprint density at radius 3 is 2.65 bits per heavy atom.